The first-order chi connectivity index (χ1) is 8.06. The average Bonchev–Trinajstić information content (AvgIpc) is 2.84. The second-order valence-corrected chi connectivity index (χ2v) is 6.07. The molecule has 2 heterocycles. The van der Waals surface area contributed by atoms with Crippen molar-refractivity contribution >= 4 is 55.2 Å². The fraction of sp³-hybridized carbons (Fsp3) is 0. The van der Waals surface area contributed by atoms with Gasteiger partial charge in [0.2, 0.25) is 5.89 Å². The Balaban J connectivity index is 2.26. The van der Waals surface area contributed by atoms with Crippen LogP contribution in [0.3, 0.4) is 0 Å². The van der Waals surface area contributed by atoms with Crippen molar-refractivity contribution in [3.05, 3.63) is 26.3 Å². The van der Waals surface area contributed by atoms with Crippen LogP contribution in [0, 0.1) is 0 Å². The summed E-state index contributed by atoms with van der Waals surface area (Å²) < 4.78 is 7.11. The number of rotatable bonds is 3. The molecule has 5 nitrogen and oxygen atoms in total. The lowest BCUT2D eigenvalue weighted by molar-refractivity contribution is -0.131. The Hall–Kier alpha value is -0.990. The predicted octanol–water partition coefficient (Wildman–Crippen LogP) is 3.42. The fourth-order valence-electron chi connectivity index (χ4n) is 0.996. The van der Waals surface area contributed by atoms with Gasteiger partial charge in [-0.25, -0.2) is 4.79 Å². The third-order valence-electron chi connectivity index (χ3n) is 1.67. The van der Waals surface area contributed by atoms with E-state index < -0.39 is 5.97 Å². The normalized spacial score (nSPS) is 11.2. The minimum absolute atomic E-state index is 0.156. The van der Waals surface area contributed by atoms with Crippen LogP contribution in [0.25, 0.3) is 16.8 Å². The molecule has 0 aliphatic carbocycles. The van der Waals surface area contributed by atoms with Crippen LogP contribution in [0.15, 0.2) is 24.8 Å². The van der Waals surface area contributed by atoms with Crippen molar-refractivity contribution in [1.29, 1.82) is 0 Å². The molecule has 0 unspecified atom stereocenters. The Morgan fingerprint density at radius 2 is 2.24 bits per heavy atom. The summed E-state index contributed by atoms with van der Waals surface area (Å²) in [6.45, 7) is 0. The van der Waals surface area contributed by atoms with Crippen LogP contribution in [0.5, 0.6) is 0 Å². The number of carboxylic acids is 1. The highest BCUT2D eigenvalue weighted by atomic mass is 79.9. The van der Waals surface area contributed by atoms with E-state index in [1.165, 1.54) is 17.4 Å². The number of nitrogens with zero attached hydrogens (tertiary/aromatic N) is 2. The fourth-order valence-corrected chi connectivity index (χ4v) is 2.95. The number of aromatic nitrogens is 2. The first kappa shape index (κ1) is 12.5. The smallest absolute Gasteiger partial charge is 0.328 e. The highest BCUT2D eigenvalue weighted by Crippen LogP contribution is 2.37. The lowest BCUT2D eigenvalue weighted by Gasteiger charge is -1.84. The maximum Gasteiger partial charge on any atom is 0.328 e. The van der Waals surface area contributed by atoms with Gasteiger partial charge in [0.05, 0.1) is 8.66 Å². The van der Waals surface area contributed by atoms with E-state index in [1.807, 2.05) is 6.07 Å². The number of halogens is 2. The molecule has 0 saturated carbocycles. The van der Waals surface area contributed by atoms with Gasteiger partial charge in [-0.2, -0.15) is 0 Å². The van der Waals surface area contributed by atoms with Crippen molar-refractivity contribution in [3.8, 4) is 10.8 Å². The molecule has 0 radical (unpaired) electrons. The zero-order valence-corrected chi connectivity index (χ0v) is 12.0. The molecule has 2 aromatic rings. The molecular weight excluding hydrogens is 376 g/mol. The van der Waals surface area contributed by atoms with Gasteiger partial charge in [-0.3, -0.25) is 0 Å². The average molecular weight is 380 g/mol. The highest BCUT2D eigenvalue weighted by molar-refractivity contribution is 9.13. The van der Waals surface area contributed by atoms with Crippen LogP contribution in [0.4, 0.5) is 0 Å². The summed E-state index contributed by atoms with van der Waals surface area (Å²) >= 11 is 8.15. The number of hydrogen-bond acceptors (Lipinski definition) is 5. The van der Waals surface area contributed by atoms with Crippen molar-refractivity contribution in [1.82, 2.24) is 10.2 Å². The van der Waals surface area contributed by atoms with Crippen LogP contribution in [-0.2, 0) is 4.79 Å². The largest absolute Gasteiger partial charge is 0.478 e. The summed E-state index contributed by atoms with van der Waals surface area (Å²) in [6, 6.07) is 1.84. The van der Waals surface area contributed by atoms with Crippen LogP contribution >= 0.6 is 43.2 Å². The summed E-state index contributed by atoms with van der Waals surface area (Å²) in [5, 5.41) is 16.0. The lowest BCUT2D eigenvalue weighted by atomic mass is 10.5. The molecule has 0 saturated heterocycles. The number of carboxylic acid groups (broad SMARTS) is 1. The predicted molar refractivity (Wildman–Crippen MR) is 69.7 cm³/mol. The number of thiophene rings is 1. The first-order valence-corrected chi connectivity index (χ1v) is 6.66. The maximum absolute atomic E-state index is 10.3. The van der Waals surface area contributed by atoms with E-state index in [4.69, 9.17) is 9.52 Å². The third kappa shape index (κ3) is 3.02. The van der Waals surface area contributed by atoms with Gasteiger partial charge in [0.1, 0.15) is 0 Å². The van der Waals surface area contributed by atoms with Gasteiger partial charge in [0, 0.05) is 16.6 Å². The van der Waals surface area contributed by atoms with Crippen molar-refractivity contribution in [2.24, 2.45) is 0 Å². The standard InChI is InChI=1S/C9H4Br2N2O3S/c10-4-3-5(17-8(4)11)9-13-12-6(16-9)1-2-7(14)15/h1-3H,(H,14,15)/b2-1+. The number of aliphatic carboxylic acids is 1. The molecular formula is C9H4Br2N2O3S. The first-order valence-electron chi connectivity index (χ1n) is 4.26. The summed E-state index contributed by atoms with van der Waals surface area (Å²) in [6.07, 6.45) is 2.19. The topological polar surface area (TPSA) is 76.2 Å². The van der Waals surface area contributed by atoms with Gasteiger partial charge in [0.25, 0.3) is 5.89 Å². The Morgan fingerprint density at radius 3 is 2.82 bits per heavy atom. The second-order valence-electron chi connectivity index (χ2n) is 2.85. The van der Waals surface area contributed by atoms with Crippen LogP contribution < -0.4 is 0 Å². The third-order valence-corrected chi connectivity index (χ3v) is 4.91. The molecule has 0 bridgehead atoms. The van der Waals surface area contributed by atoms with E-state index in [0.29, 0.717) is 5.89 Å². The van der Waals surface area contributed by atoms with Crippen molar-refractivity contribution < 1.29 is 14.3 Å². The van der Waals surface area contributed by atoms with E-state index in [9.17, 15) is 4.79 Å². The van der Waals surface area contributed by atoms with Gasteiger partial charge in [-0.05, 0) is 37.9 Å². The molecule has 0 aromatic carbocycles. The molecule has 0 amide bonds. The Labute approximate surface area is 116 Å². The van der Waals surface area contributed by atoms with E-state index in [-0.39, 0.29) is 5.89 Å². The molecule has 0 fully saturated rings. The lowest BCUT2D eigenvalue weighted by Crippen LogP contribution is -1.85. The van der Waals surface area contributed by atoms with Crippen molar-refractivity contribution in [3.63, 3.8) is 0 Å². The van der Waals surface area contributed by atoms with E-state index in [2.05, 4.69) is 42.1 Å². The molecule has 0 aliphatic heterocycles. The van der Waals surface area contributed by atoms with Crippen LogP contribution in [0.1, 0.15) is 5.89 Å². The van der Waals surface area contributed by atoms with Crippen LogP contribution in [-0.4, -0.2) is 21.3 Å². The number of carbonyl (C=O) groups is 1. The quantitative estimate of drug-likeness (QED) is 0.827. The Bertz CT molecular complexity index is 571. The van der Waals surface area contributed by atoms with Crippen molar-refractivity contribution in [2.75, 3.05) is 0 Å². The summed E-state index contributed by atoms with van der Waals surface area (Å²) in [5.41, 5.74) is 0. The van der Waals surface area contributed by atoms with Gasteiger partial charge >= 0.3 is 5.97 Å². The summed E-state index contributed by atoms with van der Waals surface area (Å²) in [5.74, 6) is -0.555. The van der Waals surface area contributed by atoms with Gasteiger partial charge in [-0.15, -0.1) is 21.5 Å². The Morgan fingerprint density at radius 1 is 1.47 bits per heavy atom. The van der Waals surface area contributed by atoms with E-state index in [1.54, 1.807) is 0 Å². The maximum atomic E-state index is 10.3. The van der Waals surface area contributed by atoms with E-state index >= 15 is 0 Å². The molecule has 1 N–H and O–H groups in total. The highest BCUT2D eigenvalue weighted by Gasteiger charge is 2.12. The number of hydrogen-bond donors (Lipinski definition) is 1. The monoisotopic (exact) mass is 378 g/mol. The van der Waals surface area contributed by atoms with Gasteiger partial charge in [0.15, 0.2) is 0 Å². The molecule has 2 aromatic heterocycles. The van der Waals surface area contributed by atoms with Gasteiger partial charge in [-0.1, -0.05) is 0 Å². The molecule has 8 heteroatoms. The zero-order chi connectivity index (χ0) is 12.4. The van der Waals surface area contributed by atoms with E-state index in [0.717, 1.165) is 19.2 Å². The summed E-state index contributed by atoms with van der Waals surface area (Å²) in [7, 11) is 0. The van der Waals surface area contributed by atoms with Crippen molar-refractivity contribution in [2.45, 2.75) is 0 Å². The zero-order valence-electron chi connectivity index (χ0n) is 8.05. The molecule has 0 atom stereocenters. The van der Waals surface area contributed by atoms with Crippen LogP contribution in [0.2, 0.25) is 0 Å². The molecule has 0 aliphatic rings. The molecule has 88 valence electrons. The molecule has 17 heavy (non-hydrogen) atoms. The summed E-state index contributed by atoms with van der Waals surface area (Å²) in [4.78, 5) is 11.1. The molecule has 0 spiro atoms. The van der Waals surface area contributed by atoms with Gasteiger partial charge < -0.3 is 9.52 Å². The SMILES string of the molecule is O=C(O)/C=C/c1nnc(-c2cc(Br)c(Br)s2)o1. The second kappa shape index (κ2) is 5.11. The molecule has 2 rings (SSSR count). The Kier molecular flexibility index (Phi) is 3.75. The minimum Gasteiger partial charge on any atom is -0.478 e. The minimum atomic E-state index is -1.06.